The number of anilines is 3. The second kappa shape index (κ2) is 6.85. The Morgan fingerprint density at radius 3 is 2.79 bits per heavy atom. The second-order valence-electron chi connectivity index (χ2n) is 7.15. The van der Waals surface area contributed by atoms with Gasteiger partial charge in [0.05, 0.1) is 17.8 Å². The van der Waals surface area contributed by atoms with E-state index in [1.165, 1.54) is 7.05 Å². The predicted molar refractivity (Wildman–Crippen MR) is 103 cm³/mol. The molecule has 0 spiro atoms. The lowest BCUT2D eigenvalue weighted by Crippen LogP contribution is -2.52. The Kier molecular flexibility index (Phi) is 4.45. The molecule has 0 saturated heterocycles. The van der Waals surface area contributed by atoms with Crippen LogP contribution in [0.2, 0.25) is 0 Å². The fraction of sp³-hybridized carbons (Fsp3) is 0.312. The molecular weight excluding hydrogens is 382 g/mol. The van der Waals surface area contributed by atoms with E-state index in [9.17, 15) is 14.3 Å². The Balaban J connectivity index is 1.71. The average Bonchev–Trinajstić information content (AvgIpc) is 2.97. The van der Waals surface area contributed by atoms with Gasteiger partial charge < -0.3 is 20.9 Å². The molecule has 1 aliphatic carbocycles. The van der Waals surface area contributed by atoms with Gasteiger partial charge in [-0.25, -0.2) is 14.2 Å². The smallest absolute Gasteiger partial charge is 0.368 e. The maximum atomic E-state index is 13.3. The van der Waals surface area contributed by atoms with E-state index in [0.29, 0.717) is 30.0 Å². The lowest BCUT2D eigenvalue weighted by Gasteiger charge is -2.43. The Hall–Kier alpha value is -3.48. The van der Waals surface area contributed by atoms with Crippen LogP contribution < -0.4 is 21.5 Å². The number of aryl methyl sites for hydroxylation is 1. The van der Waals surface area contributed by atoms with Gasteiger partial charge in [0.25, 0.3) is 0 Å². The first-order chi connectivity index (χ1) is 13.7. The Labute approximate surface area is 164 Å². The standard InChI is InChI=1S/C16H18BFN8O3/c1-25-15(28)26(24-23-25)11-4-8(21-14-20-7-10(18)13(19)22-14)2-3-12(11)29-16(17)5-9(27)6-16/h2-4,7,9,27H,5-6,17H2,1H3,(H3,19,20,21,22). The molecule has 13 heteroatoms. The number of aromatic nitrogens is 6. The van der Waals surface area contributed by atoms with Crippen LogP contribution in [0.25, 0.3) is 5.69 Å². The number of tetrazole rings is 1. The van der Waals surface area contributed by atoms with Gasteiger partial charge in [-0.2, -0.15) is 14.3 Å². The summed E-state index contributed by atoms with van der Waals surface area (Å²) in [6.07, 6.45) is 1.50. The maximum Gasteiger partial charge on any atom is 0.368 e. The van der Waals surface area contributed by atoms with E-state index in [1.54, 1.807) is 18.2 Å². The number of ether oxygens (including phenoxy) is 1. The third kappa shape index (κ3) is 3.63. The number of aliphatic hydroxyl groups excluding tert-OH is 1. The zero-order valence-corrected chi connectivity index (χ0v) is 15.7. The molecule has 0 amide bonds. The third-order valence-corrected chi connectivity index (χ3v) is 4.63. The number of nitrogens with two attached hydrogens (primary N) is 1. The van der Waals surface area contributed by atoms with Crippen molar-refractivity contribution in [2.75, 3.05) is 11.1 Å². The van der Waals surface area contributed by atoms with Crippen molar-refractivity contribution in [1.29, 1.82) is 0 Å². The first kappa shape index (κ1) is 18.9. The summed E-state index contributed by atoms with van der Waals surface area (Å²) in [5, 5.41) is 20.1. The molecular formula is C16H18BFN8O3. The molecule has 2 heterocycles. The number of hydrogen-bond acceptors (Lipinski definition) is 9. The van der Waals surface area contributed by atoms with Crippen LogP contribution >= 0.6 is 0 Å². The monoisotopic (exact) mass is 400 g/mol. The van der Waals surface area contributed by atoms with Gasteiger partial charge in [0.2, 0.25) is 5.95 Å². The summed E-state index contributed by atoms with van der Waals surface area (Å²) in [6.45, 7) is 0. The van der Waals surface area contributed by atoms with E-state index in [2.05, 4.69) is 25.7 Å². The minimum atomic E-state index is -0.720. The van der Waals surface area contributed by atoms with E-state index >= 15 is 0 Å². The van der Waals surface area contributed by atoms with E-state index in [0.717, 1.165) is 15.6 Å². The molecule has 0 bridgehead atoms. The molecule has 150 valence electrons. The number of rotatable bonds is 5. The highest BCUT2D eigenvalue weighted by molar-refractivity contribution is 6.15. The van der Waals surface area contributed by atoms with Gasteiger partial charge in [-0.15, -0.1) is 0 Å². The van der Waals surface area contributed by atoms with Gasteiger partial charge in [-0.1, -0.05) is 0 Å². The quantitative estimate of drug-likeness (QED) is 0.463. The van der Waals surface area contributed by atoms with Gasteiger partial charge >= 0.3 is 5.69 Å². The van der Waals surface area contributed by atoms with Crippen molar-refractivity contribution in [3.63, 3.8) is 0 Å². The van der Waals surface area contributed by atoms with Crippen molar-refractivity contribution in [1.82, 2.24) is 29.8 Å². The van der Waals surface area contributed by atoms with Gasteiger partial charge in [0, 0.05) is 25.6 Å². The first-order valence-electron chi connectivity index (χ1n) is 8.80. The number of benzene rings is 1. The number of nitrogens with one attached hydrogen (secondary N) is 1. The summed E-state index contributed by atoms with van der Waals surface area (Å²) in [4.78, 5) is 20.0. The molecule has 1 fully saturated rings. The van der Waals surface area contributed by atoms with Crippen LogP contribution in [0.4, 0.5) is 21.8 Å². The van der Waals surface area contributed by atoms with Crippen molar-refractivity contribution >= 4 is 25.3 Å². The number of halogens is 1. The van der Waals surface area contributed by atoms with Gasteiger partial charge in [-0.3, -0.25) is 0 Å². The molecule has 11 nitrogen and oxygen atoms in total. The van der Waals surface area contributed by atoms with Crippen LogP contribution in [0.3, 0.4) is 0 Å². The van der Waals surface area contributed by atoms with Crippen molar-refractivity contribution in [2.45, 2.75) is 24.4 Å². The van der Waals surface area contributed by atoms with Crippen LogP contribution in [-0.4, -0.2) is 54.3 Å². The van der Waals surface area contributed by atoms with Crippen LogP contribution in [0.5, 0.6) is 5.75 Å². The fourth-order valence-corrected chi connectivity index (χ4v) is 3.17. The summed E-state index contributed by atoms with van der Waals surface area (Å²) in [5.41, 5.74) is 5.29. The fourth-order valence-electron chi connectivity index (χ4n) is 3.17. The zero-order chi connectivity index (χ0) is 20.8. The number of nitrogens with zero attached hydrogens (tertiary/aromatic N) is 6. The average molecular weight is 400 g/mol. The zero-order valence-electron chi connectivity index (χ0n) is 15.7. The van der Waals surface area contributed by atoms with Crippen molar-refractivity contribution in [3.05, 3.63) is 40.7 Å². The number of nitrogen functional groups attached to an aromatic ring is 1. The molecule has 0 unspecified atom stereocenters. The van der Waals surface area contributed by atoms with Crippen molar-refractivity contribution in [3.8, 4) is 11.4 Å². The van der Waals surface area contributed by atoms with Gasteiger partial charge in [0.1, 0.15) is 11.4 Å². The molecule has 4 rings (SSSR count). The van der Waals surface area contributed by atoms with E-state index in [4.69, 9.17) is 10.5 Å². The highest BCUT2D eigenvalue weighted by atomic mass is 19.1. The molecule has 1 aliphatic rings. The SMILES string of the molecule is BC1(Oc2ccc(Nc3ncc(F)c(N)n3)cc2-n2nnn(C)c2=O)CC(O)C1. The Bertz CT molecular complexity index is 1130. The summed E-state index contributed by atoms with van der Waals surface area (Å²) in [6, 6.07) is 4.94. The number of aliphatic hydroxyl groups is 1. The molecule has 0 aliphatic heterocycles. The molecule has 0 atom stereocenters. The van der Waals surface area contributed by atoms with Crippen molar-refractivity contribution in [2.24, 2.45) is 7.05 Å². The summed E-state index contributed by atoms with van der Waals surface area (Å²) >= 11 is 0. The van der Waals surface area contributed by atoms with E-state index in [-0.39, 0.29) is 11.8 Å². The molecule has 29 heavy (non-hydrogen) atoms. The molecule has 0 radical (unpaired) electrons. The summed E-state index contributed by atoms with van der Waals surface area (Å²) < 4.78 is 21.5. The second-order valence-corrected chi connectivity index (χ2v) is 7.15. The predicted octanol–water partition coefficient (Wildman–Crippen LogP) is -0.916. The number of hydrogen-bond donors (Lipinski definition) is 3. The largest absolute Gasteiger partial charge is 0.494 e. The topological polar surface area (TPSA) is 146 Å². The highest BCUT2D eigenvalue weighted by Crippen LogP contribution is 2.37. The molecule has 1 aromatic carbocycles. The van der Waals surface area contributed by atoms with Crippen LogP contribution in [0.1, 0.15) is 12.8 Å². The maximum absolute atomic E-state index is 13.3. The lowest BCUT2D eigenvalue weighted by molar-refractivity contribution is -0.0397. The van der Waals surface area contributed by atoms with Crippen LogP contribution in [0.15, 0.2) is 29.2 Å². The van der Waals surface area contributed by atoms with Crippen molar-refractivity contribution < 1.29 is 14.2 Å². The van der Waals surface area contributed by atoms with Gasteiger partial charge in [0.15, 0.2) is 19.5 Å². The Morgan fingerprint density at radius 1 is 1.41 bits per heavy atom. The Morgan fingerprint density at radius 2 is 2.17 bits per heavy atom. The molecule has 3 aromatic rings. The minimum absolute atomic E-state index is 0.0871. The van der Waals surface area contributed by atoms with Crippen LogP contribution in [-0.2, 0) is 7.05 Å². The highest BCUT2D eigenvalue weighted by Gasteiger charge is 2.41. The molecule has 4 N–H and O–H groups in total. The van der Waals surface area contributed by atoms with E-state index < -0.39 is 23.1 Å². The first-order valence-corrected chi connectivity index (χ1v) is 8.80. The lowest BCUT2D eigenvalue weighted by atomic mass is 9.64. The summed E-state index contributed by atoms with van der Waals surface area (Å²) in [7, 11) is 3.36. The normalized spacial score (nSPS) is 20.9. The molecule has 2 aromatic heterocycles. The molecule has 1 saturated carbocycles. The summed E-state index contributed by atoms with van der Waals surface area (Å²) in [5.74, 6) is -0.525. The van der Waals surface area contributed by atoms with E-state index in [1.807, 2.05) is 7.85 Å². The van der Waals surface area contributed by atoms with Crippen LogP contribution in [0, 0.1) is 5.82 Å². The third-order valence-electron chi connectivity index (χ3n) is 4.63. The van der Waals surface area contributed by atoms with Gasteiger partial charge in [-0.05, 0) is 28.6 Å². The minimum Gasteiger partial charge on any atom is -0.494 e.